The smallest absolute Gasteiger partial charge is 0.344 e. The molecule has 2 rings (SSSR count). The van der Waals surface area contributed by atoms with Gasteiger partial charge in [-0.1, -0.05) is 30.3 Å². The predicted molar refractivity (Wildman–Crippen MR) is 101 cm³/mol. The second kappa shape index (κ2) is 8.75. The number of ketones is 1. The third-order valence-corrected chi connectivity index (χ3v) is 3.78. The highest BCUT2D eigenvalue weighted by Crippen LogP contribution is 2.26. The van der Waals surface area contributed by atoms with Gasteiger partial charge in [0.15, 0.2) is 0 Å². The number of benzene rings is 2. The molecule has 0 saturated heterocycles. The molecule has 0 aromatic heterocycles. The fourth-order valence-corrected chi connectivity index (χ4v) is 2.60. The van der Waals surface area contributed by atoms with Crippen LogP contribution in [-0.4, -0.2) is 42.3 Å². The van der Waals surface area contributed by atoms with Gasteiger partial charge in [0.1, 0.15) is 5.57 Å². The van der Waals surface area contributed by atoms with Gasteiger partial charge in [-0.05, 0) is 24.6 Å². The topological polar surface area (TPSA) is 89.8 Å². The van der Waals surface area contributed by atoms with Gasteiger partial charge in [-0.3, -0.25) is 14.9 Å². The summed E-state index contributed by atoms with van der Waals surface area (Å²) in [4.78, 5) is 37.7. The molecule has 0 radical (unpaired) electrons. The minimum absolute atomic E-state index is 0.0797. The summed E-state index contributed by atoms with van der Waals surface area (Å²) in [6.45, 7) is 1.77. The molecule has 0 bridgehead atoms. The largest absolute Gasteiger partial charge is 0.462 e. The minimum Gasteiger partial charge on any atom is -0.462 e. The Labute approximate surface area is 157 Å². The Morgan fingerprint density at radius 2 is 1.59 bits per heavy atom. The van der Waals surface area contributed by atoms with Crippen LogP contribution in [-0.2, 0) is 9.53 Å². The van der Waals surface area contributed by atoms with Crippen molar-refractivity contribution in [2.24, 2.45) is 0 Å². The first-order valence-electron chi connectivity index (χ1n) is 8.30. The van der Waals surface area contributed by atoms with Crippen molar-refractivity contribution in [1.82, 2.24) is 4.90 Å². The average Bonchev–Trinajstić information content (AvgIpc) is 2.66. The van der Waals surface area contributed by atoms with E-state index in [9.17, 15) is 19.7 Å². The zero-order valence-electron chi connectivity index (χ0n) is 15.3. The van der Waals surface area contributed by atoms with Gasteiger partial charge in [0.2, 0.25) is 5.78 Å². The van der Waals surface area contributed by atoms with Crippen molar-refractivity contribution in [2.45, 2.75) is 6.92 Å². The van der Waals surface area contributed by atoms with Crippen LogP contribution in [0, 0.1) is 10.1 Å². The maximum Gasteiger partial charge on any atom is 0.344 e. The summed E-state index contributed by atoms with van der Waals surface area (Å²) in [6, 6.07) is 14.1. The Morgan fingerprint density at radius 3 is 2.07 bits per heavy atom. The number of nitrogens with zero attached hydrogens (tertiary/aromatic N) is 2. The standard InChI is InChI=1S/C20H20N2O5/c1-4-27-20(24)17(19(23)15-8-6-5-7-9-15)18(21(2)3)14-10-12-16(13-11-14)22(25)26/h5-13H,4H2,1-3H3/b18-17+. The number of carbonyl (C=O) groups excluding carboxylic acids is 2. The SMILES string of the molecule is CCOC(=O)/C(C(=O)c1ccccc1)=C(\c1ccc([N+](=O)[O-])cc1)N(C)C. The van der Waals surface area contributed by atoms with E-state index in [4.69, 9.17) is 4.74 Å². The molecule has 0 amide bonds. The highest BCUT2D eigenvalue weighted by molar-refractivity contribution is 6.28. The number of hydrogen-bond acceptors (Lipinski definition) is 6. The Hall–Kier alpha value is -3.48. The number of carbonyl (C=O) groups is 2. The molecular formula is C20H20N2O5. The fourth-order valence-electron chi connectivity index (χ4n) is 2.60. The number of nitro benzene ring substituents is 1. The number of non-ortho nitro benzene ring substituents is 1. The van der Waals surface area contributed by atoms with E-state index in [1.165, 1.54) is 24.3 Å². The minimum atomic E-state index is -0.742. The summed E-state index contributed by atoms with van der Waals surface area (Å²) >= 11 is 0. The third kappa shape index (κ3) is 4.58. The lowest BCUT2D eigenvalue weighted by Gasteiger charge is -2.21. The molecule has 27 heavy (non-hydrogen) atoms. The van der Waals surface area contributed by atoms with Gasteiger partial charge in [0, 0.05) is 31.8 Å². The molecule has 0 spiro atoms. The second-order valence-electron chi connectivity index (χ2n) is 5.84. The highest BCUT2D eigenvalue weighted by Gasteiger charge is 2.28. The summed E-state index contributed by atoms with van der Waals surface area (Å²) in [5, 5.41) is 10.9. The van der Waals surface area contributed by atoms with Crippen molar-refractivity contribution in [1.29, 1.82) is 0 Å². The van der Waals surface area contributed by atoms with E-state index < -0.39 is 16.7 Å². The van der Waals surface area contributed by atoms with E-state index in [2.05, 4.69) is 0 Å². The molecule has 2 aromatic carbocycles. The molecule has 0 N–H and O–H groups in total. The van der Waals surface area contributed by atoms with Gasteiger partial charge in [-0.2, -0.15) is 0 Å². The van der Waals surface area contributed by atoms with Crippen LogP contribution in [0.2, 0.25) is 0 Å². The predicted octanol–water partition coefficient (Wildman–Crippen LogP) is 3.31. The second-order valence-corrected chi connectivity index (χ2v) is 5.84. The summed E-state index contributed by atoms with van der Waals surface area (Å²) in [7, 11) is 3.38. The van der Waals surface area contributed by atoms with Gasteiger partial charge in [-0.25, -0.2) is 4.79 Å². The molecule has 0 aliphatic heterocycles. The van der Waals surface area contributed by atoms with Crippen molar-refractivity contribution in [3.05, 3.63) is 81.4 Å². The summed E-state index contributed by atoms with van der Waals surface area (Å²) < 4.78 is 5.11. The van der Waals surface area contributed by atoms with E-state index in [0.717, 1.165) is 0 Å². The Balaban J connectivity index is 2.67. The van der Waals surface area contributed by atoms with Crippen LogP contribution in [0.25, 0.3) is 5.70 Å². The van der Waals surface area contributed by atoms with E-state index in [0.29, 0.717) is 16.8 Å². The van der Waals surface area contributed by atoms with Crippen molar-refractivity contribution >= 4 is 23.1 Å². The zero-order chi connectivity index (χ0) is 20.0. The quantitative estimate of drug-likeness (QED) is 0.142. The monoisotopic (exact) mass is 368 g/mol. The molecule has 0 aliphatic carbocycles. The molecule has 0 unspecified atom stereocenters. The molecule has 0 aliphatic rings. The Morgan fingerprint density at radius 1 is 1.00 bits per heavy atom. The molecule has 0 fully saturated rings. The zero-order valence-corrected chi connectivity index (χ0v) is 15.3. The summed E-state index contributed by atoms with van der Waals surface area (Å²) in [6.07, 6.45) is 0. The molecule has 0 atom stereocenters. The number of esters is 1. The molecular weight excluding hydrogens is 348 g/mol. The first-order chi connectivity index (χ1) is 12.9. The first kappa shape index (κ1) is 19.8. The van der Waals surface area contributed by atoms with Crippen LogP contribution < -0.4 is 0 Å². The van der Waals surface area contributed by atoms with E-state index in [-0.39, 0.29) is 17.9 Å². The molecule has 0 heterocycles. The van der Waals surface area contributed by atoms with Gasteiger partial charge >= 0.3 is 5.97 Å². The maximum atomic E-state index is 13.1. The first-order valence-corrected chi connectivity index (χ1v) is 8.30. The number of ether oxygens (including phenoxy) is 1. The molecule has 7 heteroatoms. The van der Waals surface area contributed by atoms with Crippen molar-refractivity contribution in [2.75, 3.05) is 20.7 Å². The van der Waals surface area contributed by atoms with Crippen LogP contribution in [0.3, 0.4) is 0 Å². The normalized spacial score (nSPS) is 11.4. The lowest BCUT2D eigenvalue weighted by Crippen LogP contribution is -2.23. The van der Waals surface area contributed by atoms with Crippen molar-refractivity contribution in [3.63, 3.8) is 0 Å². The van der Waals surface area contributed by atoms with Gasteiger partial charge in [-0.15, -0.1) is 0 Å². The van der Waals surface area contributed by atoms with Crippen LogP contribution in [0.15, 0.2) is 60.2 Å². The number of nitro groups is 1. The fraction of sp³-hybridized carbons (Fsp3) is 0.200. The molecule has 2 aromatic rings. The van der Waals surface area contributed by atoms with E-state index in [1.54, 1.807) is 56.3 Å². The summed E-state index contributed by atoms with van der Waals surface area (Å²) in [5.41, 5.74) is 0.975. The number of hydrogen-bond donors (Lipinski definition) is 0. The summed E-state index contributed by atoms with van der Waals surface area (Å²) in [5.74, 6) is -1.22. The highest BCUT2D eigenvalue weighted by atomic mass is 16.6. The number of rotatable bonds is 7. The van der Waals surface area contributed by atoms with Gasteiger partial charge in [0.05, 0.1) is 17.2 Å². The lowest BCUT2D eigenvalue weighted by atomic mass is 9.97. The molecule has 0 saturated carbocycles. The number of Topliss-reactive ketones (excluding diaryl/α,β-unsaturated/α-hetero) is 1. The molecule has 140 valence electrons. The van der Waals surface area contributed by atoms with Gasteiger partial charge in [0.25, 0.3) is 5.69 Å². The van der Waals surface area contributed by atoms with Crippen molar-refractivity contribution < 1.29 is 19.2 Å². The Bertz CT molecular complexity index is 871. The Kier molecular flexibility index (Phi) is 6.43. The van der Waals surface area contributed by atoms with Crippen LogP contribution in [0.4, 0.5) is 5.69 Å². The molecule has 7 nitrogen and oxygen atoms in total. The van der Waals surface area contributed by atoms with E-state index in [1.807, 2.05) is 0 Å². The van der Waals surface area contributed by atoms with Crippen LogP contribution >= 0.6 is 0 Å². The lowest BCUT2D eigenvalue weighted by molar-refractivity contribution is -0.384. The van der Waals surface area contributed by atoms with E-state index >= 15 is 0 Å². The van der Waals surface area contributed by atoms with Crippen LogP contribution in [0.5, 0.6) is 0 Å². The third-order valence-electron chi connectivity index (χ3n) is 3.78. The van der Waals surface area contributed by atoms with Crippen LogP contribution in [0.1, 0.15) is 22.8 Å². The van der Waals surface area contributed by atoms with Gasteiger partial charge < -0.3 is 9.64 Å². The van der Waals surface area contributed by atoms with Crippen molar-refractivity contribution in [3.8, 4) is 0 Å². The maximum absolute atomic E-state index is 13.1. The average molecular weight is 368 g/mol.